The lowest BCUT2D eigenvalue weighted by Gasteiger charge is -2.28. The Labute approximate surface area is 259 Å². The van der Waals surface area contributed by atoms with Gasteiger partial charge in [-0.1, -0.05) is 103 Å². The van der Waals surface area contributed by atoms with Crippen molar-refractivity contribution in [1.82, 2.24) is 19.9 Å². The number of pyridine rings is 1. The lowest BCUT2D eigenvalue weighted by atomic mass is 9.74. The Morgan fingerprint density at radius 3 is 2.07 bits per heavy atom. The summed E-state index contributed by atoms with van der Waals surface area (Å²) in [5, 5.41) is 2.28. The van der Waals surface area contributed by atoms with E-state index in [4.69, 9.17) is 19.4 Å². The van der Waals surface area contributed by atoms with Gasteiger partial charge in [-0.25, -0.2) is 15.0 Å². The second-order valence-electron chi connectivity index (χ2n) is 11.6. The van der Waals surface area contributed by atoms with E-state index < -0.39 is 5.41 Å². The largest absolute Gasteiger partial charge is 0.456 e. The fraction of sp³-hybridized carbons (Fsp3) is 0.0500. The van der Waals surface area contributed by atoms with Crippen LogP contribution in [0.1, 0.15) is 23.6 Å². The SMILES string of the molecule is CC1(c2ccccc2)c2cc(-c3nc(-c4ccccc4)nc(-c4ccccn4)n3)ccc2-c2c1ccc1oc3ccccc3c21. The molecular formula is C40H26N4O. The molecule has 1 aliphatic carbocycles. The number of rotatable bonds is 4. The minimum atomic E-state index is -0.409. The summed E-state index contributed by atoms with van der Waals surface area (Å²) in [6.07, 6.45) is 1.76. The molecule has 0 radical (unpaired) electrons. The van der Waals surface area contributed by atoms with E-state index >= 15 is 0 Å². The molecule has 0 saturated heterocycles. The molecule has 1 atom stereocenters. The summed E-state index contributed by atoms with van der Waals surface area (Å²) in [5.74, 6) is 1.76. The van der Waals surface area contributed by atoms with Gasteiger partial charge in [-0.3, -0.25) is 4.98 Å². The molecule has 45 heavy (non-hydrogen) atoms. The predicted octanol–water partition coefficient (Wildman–Crippen LogP) is 9.50. The van der Waals surface area contributed by atoms with E-state index in [2.05, 4.69) is 84.7 Å². The first-order valence-corrected chi connectivity index (χ1v) is 15.1. The molecule has 5 aromatic carbocycles. The summed E-state index contributed by atoms with van der Waals surface area (Å²) in [6, 6.07) is 45.8. The highest BCUT2D eigenvalue weighted by Crippen LogP contribution is 2.56. The zero-order valence-corrected chi connectivity index (χ0v) is 24.5. The summed E-state index contributed by atoms with van der Waals surface area (Å²) in [7, 11) is 0. The highest BCUT2D eigenvalue weighted by molar-refractivity contribution is 6.15. The Balaban J connectivity index is 1.31. The van der Waals surface area contributed by atoms with Gasteiger partial charge in [-0.05, 0) is 65.1 Å². The summed E-state index contributed by atoms with van der Waals surface area (Å²) in [4.78, 5) is 19.4. The summed E-state index contributed by atoms with van der Waals surface area (Å²) in [6.45, 7) is 2.33. The molecule has 8 aromatic rings. The normalized spacial score (nSPS) is 15.3. The van der Waals surface area contributed by atoms with Crippen LogP contribution >= 0.6 is 0 Å². The van der Waals surface area contributed by atoms with Crippen LogP contribution in [0.15, 0.2) is 144 Å². The van der Waals surface area contributed by atoms with Gasteiger partial charge in [0.05, 0.1) is 0 Å². The van der Waals surface area contributed by atoms with Crippen molar-refractivity contribution in [2.45, 2.75) is 12.3 Å². The van der Waals surface area contributed by atoms with E-state index in [1.807, 2.05) is 60.7 Å². The maximum Gasteiger partial charge on any atom is 0.182 e. The van der Waals surface area contributed by atoms with Gasteiger partial charge < -0.3 is 4.42 Å². The Kier molecular flexibility index (Phi) is 5.56. The Morgan fingerprint density at radius 1 is 0.556 bits per heavy atom. The van der Waals surface area contributed by atoms with E-state index in [1.165, 1.54) is 27.8 Å². The molecule has 212 valence electrons. The lowest BCUT2D eigenvalue weighted by Crippen LogP contribution is -2.22. The van der Waals surface area contributed by atoms with Gasteiger partial charge in [0.2, 0.25) is 0 Å². The van der Waals surface area contributed by atoms with Crippen molar-refractivity contribution in [2.75, 3.05) is 0 Å². The van der Waals surface area contributed by atoms with Crippen LogP contribution in [0.25, 0.3) is 67.4 Å². The zero-order valence-electron chi connectivity index (χ0n) is 24.5. The second-order valence-corrected chi connectivity index (χ2v) is 11.6. The van der Waals surface area contributed by atoms with Gasteiger partial charge in [0, 0.05) is 33.5 Å². The van der Waals surface area contributed by atoms with Gasteiger partial charge in [0.15, 0.2) is 17.5 Å². The van der Waals surface area contributed by atoms with Crippen LogP contribution in [-0.4, -0.2) is 19.9 Å². The first-order chi connectivity index (χ1) is 22.2. The topological polar surface area (TPSA) is 64.7 Å². The standard InChI is InChI=1S/C40H26N4O/c1-40(27-14-6-3-7-15-27)30-21-22-34-36(29-16-8-9-18-33(29)45-34)35(30)28-20-19-26(24-31(28)40)38-42-37(25-12-4-2-5-13-25)43-39(44-38)32-17-10-11-23-41-32/h2-24H,1H3. The number of hydrogen-bond acceptors (Lipinski definition) is 5. The number of para-hydroxylation sites is 1. The van der Waals surface area contributed by atoms with Crippen molar-refractivity contribution in [2.24, 2.45) is 0 Å². The number of furan rings is 1. The average molecular weight is 579 g/mol. The predicted molar refractivity (Wildman–Crippen MR) is 179 cm³/mol. The van der Waals surface area contributed by atoms with Crippen LogP contribution in [0.5, 0.6) is 0 Å². The minimum Gasteiger partial charge on any atom is -0.456 e. The van der Waals surface area contributed by atoms with Crippen molar-refractivity contribution in [1.29, 1.82) is 0 Å². The Hall–Kier alpha value is -5.94. The smallest absolute Gasteiger partial charge is 0.182 e. The van der Waals surface area contributed by atoms with E-state index in [1.54, 1.807) is 6.20 Å². The molecule has 0 spiro atoms. The van der Waals surface area contributed by atoms with Crippen LogP contribution < -0.4 is 0 Å². The van der Waals surface area contributed by atoms with Crippen LogP contribution in [0.3, 0.4) is 0 Å². The van der Waals surface area contributed by atoms with Crippen molar-refractivity contribution < 1.29 is 4.42 Å². The third-order valence-corrected chi connectivity index (χ3v) is 9.08. The van der Waals surface area contributed by atoms with E-state index in [0.29, 0.717) is 23.2 Å². The monoisotopic (exact) mass is 578 g/mol. The zero-order chi connectivity index (χ0) is 30.0. The summed E-state index contributed by atoms with van der Waals surface area (Å²) >= 11 is 0. The molecular weight excluding hydrogens is 552 g/mol. The third-order valence-electron chi connectivity index (χ3n) is 9.08. The molecule has 0 N–H and O–H groups in total. The van der Waals surface area contributed by atoms with Crippen molar-refractivity contribution in [3.8, 4) is 45.4 Å². The molecule has 3 aromatic heterocycles. The van der Waals surface area contributed by atoms with Crippen LogP contribution in [0.2, 0.25) is 0 Å². The van der Waals surface area contributed by atoms with E-state index in [-0.39, 0.29) is 0 Å². The first kappa shape index (κ1) is 25.5. The molecule has 1 aliphatic rings. The van der Waals surface area contributed by atoms with Gasteiger partial charge >= 0.3 is 0 Å². The highest BCUT2D eigenvalue weighted by Gasteiger charge is 2.42. The van der Waals surface area contributed by atoms with E-state index in [9.17, 15) is 0 Å². The Bertz CT molecular complexity index is 2330. The lowest BCUT2D eigenvalue weighted by molar-refractivity contribution is 0.668. The van der Waals surface area contributed by atoms with Crippen LogP contribution in [0, 0.1) is 0 Å². The van der Waals surface area contributed by atoms with Crippen molar-refractivity contribution >= 4 is 21.9 Å². The second kappa shape index (κ2) is 9.79. The van der Waals surface area contributed by atoms with Crippen molar-refractivity contribution in [3.63, 3.8) is 0 Å². The molecule has 0 amide bonds. The highest BCUT2D eigenvalue weighted by atomic mass is 16.3. The number of benzene rings is 5. The number of fused-ring (bicyclic) bond motifs is 7. The van der Waals surface area contributed by atoms with Gasteiger partial charge in [0.1, 0.15) is 16.9 Å². The van der Waals surface area contributed by atoms with Crippen LogP contribution in [0.4, 0.5) is 0 Å². The van der Waals surface area contributed by atoms with E-state index in [0.717, 1.165) is 33.1 Å². The molecule has 9 rings (SSSR count). The third kappa shape index (κ3) is 3.87. The fourth-order valence-electron chi connectivity index (χ4n) is 6.89. The molecule has 5 nitrogen and oxygen atoms in total. The molecule has 0 bridgehead atoms. The molecule has 5 heteroatoms. The maximum atomic E-state index is 6.34. The molecule has 0 saturated carbocycles. The molecule has 0 aliphatic heterocycles. The average Bonchev–Trinajstić information content (AvgIpc) is 3.62. The Morgan fingerprint density at radius 2 is 1.27 bits per heavy atom. The van der Waals surface area contributed by atoms with Gasteiger partial charge in [-0.15, -0.1) is 0 Å². The number of aromatic nitrogens is 4. The quantitative estimate of drug-likeness (QED) is 0.208. The first-order valence-electron chi connectivity index (χ1n) is 15.1. The summed E-state index contributed by atoms with van der Waals surface area (Å²) in [5.41, 5.74) is 10.0. The molecule has 0 fully saturated rings. The van der Waals surface area contributed by atoms with Gasteiger partial charge in [-0.2, -0.15) is 0 Å². The van der Waals surface area contributed by atoms with Crippen molar-refractivity contribution in [3.05, 3.63) is 156 Å². The molecule has 1 unspecified atom stereocenters. The minimum absolute atomic E-state index is 0.409. The number of nitrogens with zero attached hydrogens (tertiary/aromatic N) is 4. The fourth-order valence-corrected chi connectivity index (χ4v) is 6.89. The maximum absolute atomic E-state index is 6.34. The summed E-state index contributed by atoms with van der Waals surface area (Å²) < 4.78 is 6.34. The van der Waals surface area contributed by atoms with Crippen LogP contribution in [-0.2, 0) is 5.41 Å². The molecule has 3 heterocycles. The number of hydrogen-bond donors (Lipinski definition) is 0. The van der Waals surface area contributed by atoms with Gasteiger partial charge in [0.25, 0.3) is 0 Å².